The maximum absolute atomic E-state index is 13.3. The number of carboxylic acid groups (broad SMARTS) is 1. The van der Waals surface area contributed by atoms with Gasteiger partial charge in [-0.3, -0.25) is 4.79 Å². The maximum atomic E-state index is 13.3. The van der Waals surface area contributed by atoms with Gasteiger partial charge in [0.1, 0.15) is 12.4 Å². The SMILES string of the molecule is CCc1c2c(nc3ccc(OC(=O)O)cc13)-c1cc3c(c(=O)n1C2)COC(=O)C3(O)CC. The monoisotopic (exact) mass is 436 g/mol. The Morgan fingerprint density at radius 3 is 2.72 bits per heavy atom. The number of cyclic esters (lactones) is 1. The van der Waals surface area contributed by atoms with Crippen LogP contribution in [-0.4, -0.2) is 31.9 Å². The second kappa shape index (κ2) is 6.89. The van der Waals surface area contributed by atoms with Crippen LogP contribution in [0.4, 0.5) is 4.79 Å². The Labute approximate surface area is 181 Å². The lowest BCUT2D eigenvalue weighted by Crippen LogP contribution is -2.44. The Morgan fingerprint density at radius 1 is 1.25 bits per heavy atom. The fourth-order valence-corrected chi connectivity index (χ4v) is 4.71. The van der Waals surface area contributed by atoms with Gasteiger partial charge in [-0.15, -0.1) is 0 Å². The zero-order chi connectivity index (χ0) is 22.8. The Hall–Kier alpha value is -3.72. The van der Waals surface area contributed by atoms with Crippen molar-refractivity contribution in [2.45, 2.75) is 45.4 Å². The van der Waals surface area contributed by atoms with Crippen molar-refractivity contribution in [3.05, 3.63) is 56.9 Å². The summed E-state index contributed by atoms with van der Waals surface area (Å²) >= 11 is 0. The predicted octanol–water partition coefficient (Wildman–Crippen LogP) is 2.70. The second-order valence-electron chi connectivity index (χ2n) is 7.92. The van der Waals surface area contributed by atoms with E-state index in [4.69, 9.17) is 19.6 Å². The molecule has 164 valence electrons. The molecule has 2 N–H and O–H groups in total. The lowest BCUT2D eigenvalue weighted by molar-refractivity contribution is -0.172. The average molecular weight is 436 g/mol. The van der Waals surface area contributed by atoms with E-state index < -0.39 is 17.7 Å². The molecule has 0 saturated heterocycles. The highest BCUT2D eigenvalue weighted by Gasteiger charge is 2.45. The summed E-state index contributed by atoms with van der Waals surface area (Å²) in [6.45, 7) is 3.73. The molecule has 0 radical (unpaired) electrons. The van der Waals surface area contributed by atoms with Crippen LogP contribution in [0.5, 0.6) is 5.75 Å². The van der Waals surface area contributed by atoms with Crippen LogP contribution in [0, 0.1) is 0 Å². The van der Waals surface area contributed by atoms with Crippen LogP contribution in [0.15, 0.2) is 29.1 Å². The maximum Gasteiger partial charge on any atom is 0.511 e. The number of esters is 1. The van der Waals surface area contributed by atoms with Crippen molar-refractivity contribution < 1.29 is 29.3 Å². The number of hydrogen-bond donors (Lipinski definition) is 2. The Balaban J connectivity index is 1.76. The molecule has 9 heteroatoms. The molecule has 0 saturated carbocycles. The first-order chi connectivity index (χ1) is 15.3. The fourth-order valence-electron chi connectivity index (χ4n) is 4.71. The predicted molar refractivity (Wildman–Crippen MR) is 113 cm³/mol. The molecule has 0 fully saturated rings. The Kier molecular flexibility index (Phi) is 4.35. The first kappa shape index (κ1) is 20.2. The molecule has 2 aromatic heterocycles. The molecule has 32 heavy (non-hydrogen) atoms. The smallest absolute Gasteiger partial charge is 0.458 e. The Morgan fingerprint density at radius 2 is 2.03 bits per heavy atom. The summed E-state index contributed by atoms with van der Waals surface area (Å²) < 4.78 is 11.5. The summed E-state index contributed by atoms with van der Waals surface area (Å²) in [4.78, 5) is 41.3. The summed E-state index contributed by atoms with van der Waals surface area (Å²) in [6, 6.07) is 6.50. The van der Waals surface area contributed by atoms with Gasteiger partial charge >= 0.3 is 12.1 Å². The molecule has 9 nitrogen and oxygen atoms in total. The van der Waals surface area contributed by atoms with Gasteiger partial charge in [0.05, 0.1) is 29.0 Å². The number of ether oxygens (including phenoxy) is 2. The van der Waals surface area contributed by atoms with Crippen LogP contribution in [0.2, 0.25) is 0 Å². The first-order valence-corrected chi connectivity index (χ1v) is 10.3. The minimum absolute atomic E-state index is 0.0757. The average Bonchev–Trinajstić information content (AvgIpc) is 3.13. The van der Waals surface area contributed by atoms with E-state index in [0.717, 1.165) is 16.5 Å². The van der Waals surface area contributed by atoms with Gasteiger partial charge in [0.25, 0.3) is 5.56 Å². The van der Waals surface area contributed by atoms with Gasteiger partial charge in [0, 0.05) is 16.5 Å². The van der Waals surface area contributed by atoms with Crippen molar-refractivity contribution in [2.75, 3.05) is 0 Å². The summed E-state index contributed by atoms with van der Waals surface area (Å²) in [5, 5.41) is 20.6. The summed E-state index contributed by atoms with van der Waals surface area (Å²) in [5.41, 5.74) is 1.89. The van der Waals surface area contributed by atoms with E-state index in [0.29, 0.717) is 23.3 Å². The van der Waals surface area contributed by atoms with Gasteiger partial charge in [0.2, 0.25) is 0 Å². The number of hydrogen-bond acceptors (Lipinski definition) is 7. The van der Waals surface area contributed by atoms with Crippen LogP contribution in [0.25, 0.3) is 22.3 Å². The van der Waals surface area contributed by atoms with E-state index in [1.807, 2.05) is 6.92 Å². The number of aryl methyl sites for hydroxylation is 1. The molecule has 1 atom stereocenters. The molecular weight excluding hydrogens is 416 g/mol. The van der Waals surface area contributed by atoms with E-state index in [1.54, 1.807) is 29.7 Å². The second-order valence-corrected chi connectivity index (χ2v) is 7.92. The summed E-state index contributed by atoms with van der Waals surface area (Å²) in [7, 11) is 0. The van der Waals surface area contributed by atoms with Crippen molar-refractivity contribution in [1.82, 2.24) is 9.55 Å². The molecule has 2 aliphatic rings. The molecule has 1 unspecified atom stereocenters. The third-order valence-electron chi connectivity index (χ3n) is 6.34. The van der Waals surface area contributed by atoms with Gasteiger partial charge in [0.15, 0.2) is 5.60 Å². The number of fused-ring (bicyclic) bond motifs is 5. The fraction of sp³-hybridized carbons (Fsp3) is 0.304. The van der Waals surface area contributed by atoms with Gasteiger partial charge in [-0.05, 0) is 42.7 Å². The molecule has 4 heterocycles. The van der Waals surface area contributed by atoms with Crippen LogP contribution >= 0.6 is 0 Å². The number of aliphatic hydroxyl groups is 1. The zero-order valence-corrected chi connectivity index (χ0v) is 17.5. The highest BCUT2D eigenvalue weighted by molar-refractivity contribution is 5.90. The highest BCUT2D eigenvalue weighted by Crippen LogP contribution is 2.40. The van der Waals surface area contributed by atoms with Crippen LogP contribution < -0.4 is 10.3 Å². The summed E-state index contributed by atoms with van der Waals surface area (Å²) in [5.74, 6) is -0.574. The molecule has 0 amide bonds. The minimum Gasteiger partial charge on any atom is -0.458 e. The number of pyridine rings is 2. The number of nitrogens with zero attached hydrogens (tertiary/aromatic N) is 2. The number of rotatable bonds is 3. The topological polar surface area (TPSA) is 128 Å². The number of carbonyl (C=O) groups excluding carboxylic acids is 1. The quantitative estimate of drug-likeness (QED) is 0.371. The van der Waals surface area contributed by atoms with Crippen molar-refractivity contribution in [2.24, 2.45) is 0 Å². The zero-order valence-electron chi connectivity index (χ0n) is 17.5. The number of carbonyl (C=O) groups is 2. The minimum atomic E-state index is -1.88. The third-order valence-corrected chi connectivity index (χ3v) is 6.34. The van der Waals surface area contributed by atoms with Crippen molar-refractivity contribution in [3.63, 3.8) is 0 Å². The number of aromatic nitrogens is 2. The van der Waals surface area contributed by atoms with Gasteiger partial charge in [-0.1, -0.05) is 13.8 Å². The lowest BCUT2D eigenvalue weighted by Gasteiger charge is -2.31. The van der Waals surface area contributed by atoms with Crippen LogP contribution in [-0.2, 0) is 34.7 Å². The van der Waals surface area contributed by atoms with E-state index in [9.17, 15) is 19.5 Å². The van der Waals surface area contributed by atoms with Gasteiger partial charge < -0.3 is 24.3 Å². The lowest BCUT2D eigenvalue weighted by atomic mass is 9.86. The van der Waals surface area contributed by atoms with Crippen molar-refractivity contribution >= 4 is 23.0 Å². The molecule has 0 bridgehead atoms. The first-order valence-electron chi connectivity index (χ1n) is 10.3. The molecule has 1 aromatic carbocycles. The molecular formula is C23H20N2O7. The van der Waals surface area contributed by atoms with E-state index >= 15 is 0 Å². The number of benzene rings is 1. The molecule has 0 spiro atoms. The highest BCUT2D eigenvalue weighted by atomic mass is 16.7. The summed E-state index contributed by atoms with van der Waals surface area (Å²) in [6.07, 6.45) is -0.700. The molecule has 0 aliphatic carbocycles. The normalized spacial score (nSPS) is 18.7. The van der Waals surface area contributed by atoms with E-state index in [2.05, 4.69) is 0 Å². The van der Waals surface area contributed by atoms with E-state index in [-0.39, 0.29) is 42.0 Å². The van der Waals surface area contributed by atoms with Crippen LogP contribution in [0.1, 0.15) is 42.5 Å². The third kappa shape index (κ3) is 2.67. The molecule has 5 rings (SSSR count). The van der Waals surface area contributed by atoms with Crippen molar-refractivity contribution in [1.29, 1.82) is 0 Å². The van der Waals surface area contributed by atoms with Gasteiger partial charge in [-0.25, -0.2) is 14.6 Å². The Bertz CT molecular complexity index is 1390. The van der Waals surface area contributed by atoms with E-state index in [1.165, 1.54) is 6.07 Å². The van der Waals surface area contributed by atoms with Gasteiger partial charge in [-0.2, -0.15) is 0 Å². The molecule has 2 aliphatic heterocycles. The largest absolute Gasteiger partial charge is 0.511 e. The standard InChI is InChI=1S/C23H20N2O7/c1-3-12-13-7-11(32-22(28)29)5-6-17(13)24-19-14(12)9-25-18(19)8-16-15(20(25)26)10-31-21(27)23(16,30)4-2/h5-8,30H,3-4,9-10H2,1-2H3,(H,28,29). The molecule has 3 aromatic rings. The van der Waals surface area contributed by atoms with Crippen molar-refractivity contribution in [3.8, 4) is 17.1 Å². The van der Waals surface area contributed by atoms with Crippen LogP contribution in [0.3, 0.4) is 0 Å².